The molecule has 0 aromatic carbocycles. The van der Waals surface area contributed by atoms with Crippen molar-refractivity contribution >= 4 is 0 Å². The minimum Gasteiger partial charge on any atom is -0.476 e. The maximum atomic E-state index is 5.73. The maximum absolute atomic E-state index is 5.73. The zero-order valence-corrected chi connectivity index (χ0v) is 9.42. The molecule has 82 valence electrons. The largest absolute Gasteiger partial charge is 0.476 e. The van der Waals surface area contributed by atoms with Gasteiger partial charge >= 0.3 is 0 Å². The van der Waals surface area contributed by atoms with Gasteiger partial charge in [-0.1, -0.05) is 0 Å². The Bertz CT molecular complexity index is 332. The Hall–Kier alpha value is -1.09. The molecule has 2 rings (SSSR count). The molecule has 0 unspecified atom stereocenters. The Labute approximate surface area is 90.9 Å². The van der Waals surface area contributed by atoms with Crippen molar-refractivity contribution in [3.63, 3.8) is 0 Å². The third-order valence-corrected chi connectivity index (χ3v) is 3.01. The number of aromatic nitrogens is 1. The molecule has 1 aromatic rings. The van der Waals surface area contributed by atoms with Gasteiger partial charge in [0.2, 0.25) is 5.88 Å². The fraction of sp³-hybridized carbons (Fsp3) is 0.583. The average molecular weight is 206 g/mol. The Morgan fingerprint density at radius 3 is 3.13 bits per heavy atom. The summed E-state index contributed by atoms with van der Waals surface area (Å²) in [4.78, 5) is 4.25. The van der Waals surface area contributed by atoms with Crippen LogP contribution in [0.5, 0.6) is 5.88 Å². The fourth-order valence-corrected chi connectivity index (χ4v) is 1.83. The van der Waals surface area contributed by atoms with E-state index in [0.29, 0.717) is 6.04 Å². The maximum Gasteiger partial charge on any atom is 0.216 e. The second-order valence-corrected chi connectivity index (χ2v) is 4.16. The third-order valence-electron chi connectivity index (χ3n) is 3.01. The molecular weight excluding hydrogens is 188 g/mol. The SMILES string of the molecule is Cc1ccnc(OC[C@H]2CCCN2)c1C. The highest BCUT2D eigenvalue weighted by Crippen LogP contribution is 2.18. The second-order valence-electron chi connectivity index (χ2n) is 4.16. The Morgan fingerprint density at radius 2 is 2.40 bits per heavy atom. The molecule has 0 aliphatic carbocycles. The first kappa shape index (κ1) is 10.4. The summed E-state index contributed by atoms with van der Waals surface area (Å²) in [6.45, 7) is 5.99. The number of hydrogen-bond donors (Lipinski definition) is 1. The molecule has 1 saturated heterocycles. The first-order valence-corrected chi connectivity index (χ1v) is 5.56. The van der Waals surface area contributed by atoms with E-state index in [0.717, 1.165) is 24.6 Å². The van der Waals surface area contributed by atoms with Crippen molar-refractivity contribution in [3.8, 4) is 5.88 Å². The molecule has 3 nitrogen and oxygen atoms in total. The summed E-state index contributed by atoms with van der Waals surface area (Å²) in [6, 6.07) is 2.52. The Balaban J connectivity index is 1.95. The van der Waals surface area contributed by atoms with E-state index in [1.54, 1.807) is 6.20 Å². The predicted molar refractivity (Wildman–Crippen MR) is 60.2 cm³/mol. The molecule has 0 amide bonds. The van der Waals surface area contributed by atoms with E-state index in [9.17, 15) is 0 Å². The summed E-state index contributed by atoms with van der Waals surface area (Å²) in [7, 11) is 0. The molecule has 0 bridgehead atoms. The van der Waals surface area contributed by atoms with Crippen LogP contribution in [-0.2, 0) is 0 Å². The van der Waals surface area contributed by atoms with Gasteiger partial charge in [-0.05, 0) is 44.9 Å². The number of pyridine rings is 1. The smallest absolute Gasteiger partial charge is 0.216 e. The summed E-state index contributed by atoms with van der Waals surface area (Å²) in [5, 5.41) is 3.41. The minimum absolute atomic E-state index is 0.506. The predicted octanol–water partition coefficient (Wildman–Crippen LogP) is 1.83. The molecule has 1 N–H and O–H groups in total. The van der Waals surface area contributed by atoms with Crippen LogP contribution in [0.2, 0.25) is 0 Å². The van der Waals surface area contributed by atoms with E-state index < -0.39 is 0 Å². The number of nitrogens with one attached hydrogen (secondary N) is 1. The van der Waals surface area contributed by atoms with E-state index in [2.05, 4.69) is 24.1 Å². The van der Waals surface area contributed by atoms with E-state index in [1.165, 1.54) is 18.4 Å². The lowest BCUT2D eigenvalue weighted by Crippen LogP contribution is -2.28. The van der Waals surface area contributed by atoms with Crippen LogP contribution < -0.4 is 10.1 Å². The van der Waals surface area contributed by atoms with Gasteiger partial charge in [-0.3, -0.25) is 0 Å². The van der Waals surface area contributed by atoms with Crippen molar-refractivity contribution < 1.29 is 4.74 Å². The van der Waals surface area contributed by atoms with Crippen molar-refractivity contribution in [3.05, 3.63) is 23.4 Å². The highest BCUT2D eigenvalue weighted by atomic mass is 16.5. The molecule has 0 radical (unpaired) electrons. The Morgan fingerprint density at radius 1 is 1.53 bits per heavy atom. The standard InChI is InChI=1S/C12H18N2O/c1-9-5-7-14-12(10(9)2)15-8-11-4-3-6-13-11/h5,7,11,13H,3-4,6,8H2,1-2H3/t11-/m1/s1. The molecule has 1 atom stereocenters. The summed E-state index contributed by atoms with van der Waals surface area (Å²) in [5.41, 5.74) is 2.38. The first-order chi connectivity index (χ1) is 7.27. The number of ether oxygens (including phenoxy) is 1. The van der Waals surface area contributed by atoms with E-state index >= 15 is 0 Å². The van der Waals surface area contributed by atoms with Gasteiger partial charge in [0.1, 0.15) is 6.61 Å². The summed E-state index contributed by atoms with van der Waals surface area (Å²) < 4.78 is 5.73. The second kappa shape index (κ2) is 4.62. The molecular formula is C12H18N2O. The highest BCUT2D eigenvalue weighted by Gasteiger charge is 2.15. The lowest BCUT2D eigenvalue weighted by Gasteiger charge is -2.13. The van der Waals surface area contributed by atoms with Crippen molar-refractivity contribution in [2.75, 3.05) is 13.2 Å². The van der Waals surface area contributed by atoms with Gasteiger partial charge in [-0.2, -0.15) is 0 Å². The van der Waals surface area contributed by atoms with Gasteiger partial charge in [0.15, 0.2) is 0 Å². The van der Waals surface area contributed by atoms with Crippen molar-refractivity contribution in [2.45, 2.75) is 32.7 Å². The molecule has 1 aliphatic rings. The number of nitrogens with zero attached hydrogens (tertiary/aromatic N) is 1. The summed E-state index contributed by atoms with van der Waals surface area (Å²) in [6.07, 6.45) is 4.28. The van der Waals surface area contributed by atoms with Crippen LogP contribution in [0.3, 0.4) is 0 Å². The van der Waals surface area contributed by atoms with E-state index in [4.69, 9.17) is 4.74 Å². The van der Waals surface area contributed by atoms with Gasteiger partial charge in [-0.15, -0.1) is 0 Å². The number of hydrogen-bond acceptors (Lipinski definition) is 3. The van der Waals surface area contributed by atoms with E-state index in [1.807, 2.05) is 6.07 Å². The molecule has 1 aromatic heterocycles. The molecule has 0 saturated carbocycles. The van der Waals surface area contributed by atoms with E-state index in [-0.39, 0.29) is 0 Å². The van der Waals surface area contributed by atoms with Crippen LogP contribution in [0.25, 0.3) is 0 Å². The van der Waals surface area contributed by atoms with Gasteiger partial charge in [0, 0.05) is 17.8 Å². The Kier molecular flexibility index (Phi) is 3.21. The molecule has 1 aliphatic heterocycles. The topological polar surface area (TPSA) is 34.1 Å². The molecule has 2 heterocycles. The van der Waals surface area contributed by atoms with Crippen LogP contribution in [0, 0.1) is 13.8 Å². The number of rotatable bonds is 3. The summed E-state index contributed by atoms with van der Waals surface area (Å²) in [5.74, 6) is 0.781. The van der Waals surface area contributed by atoms with Crippen LogP contribution >= 0.6 is 0 Å². The normalized spacial score (nSPS) is 20.5. The van der Waals surface area contributed by atoms with Crippen LogP contribution in [-0.4, -0.2) is 24.2 Å². The monoisotopic (exact) mass is 206 g/mol. The molecule has 15 heavy (non-hydrogen) atoms. The zero-order valence-electron chi connectivity index (χ0n) is 9.42. The molecule has 0 spiro atoms. The summed E-state index contributed by atoms with van der Waals surface area (Å²) >= 11 is 0. The van der Waals surface area contributed by atoms with Gasteiger partial charge < -0.3 is 10.1 Å². The lowest BCUT2D eigenvalue weighted by molar-refractivity contribution is 0.265. The van der Waals surface area contributed by atoms with Crippen molar-refractivity contribution in [1.82, 2.24) is 10.3 Å². The fourth-order valence-electron chi connectivity index (χ4n) is 1.83. The van der Waals surface area contributed by atoms with Gasteiger partial charge in [0.05, 0.1) is 0 Å². The van der Waals surface area contributed by atoms with Crippen molar-refractivity contribution in [1.29, 1.82) is 0 Å². The van der Waals surface area contributed by atoms with Crippen LogP contribution in [0.15, 0.2) is 12.3 Å². The highest BCUT2D eigenvalue weighted by molar-refractivity contribution is 5.31. The minimum atomic E-state index is 0.506. The average Bonchev–Trinajstić information content (AvgIpc) is 2.73. The van der Waals surface area contributed by atoms with Crippen LogP contribution in [0.4, 0.5) is 0 Å². The quantitative estimate of drug-likeness (QED) is 0.819. The van der Waals surface area contributed by atoms with Crippen molar-refractivity contribution in [2.24, 2.45) is 0 Å². The lowest BCUT2D eigenvalue weighted by atomic mass is 10.2. The number of aryl methyl sites for hydroxylation is 1. The third kappa shape index (κ3) is 2.48. The zero-order chi connectivity index (χ0) is 10.7. The van der Waals surface area contributed by atoms with Crippen LogP contribution in [0.1, 0.15) is 24.0 Å². The van der Waals surface area contributed by atoms with Gasteiger partial charge in [-0.25, -0.2) is 4.98 Å². The van der Waals surface area contributed by atoms with Gasteiger partial charge in [0.25, 0.3) is 0 Å². The molecule has 1 fully saturated rings. The first-order valence-electron chi connectivity index (χ1n) is 5.56. The molecule has 3 heteroatoms.